The molecule has 2 aromatic rings. The van der Waals surface area contributed by atoms with E-state index in [0.29, 0.717) is 10.7 Å². The highest BCUT2D eigenvalue weighted by atomic mass is 79.9. The summed E-state index contributed by atoms with van der Waals surface area (Å²) in [6.07, 6.45) is 1.28. The number of hydrogen-bond donors (Lipinski definition) is 1. The normalized spacial score (nSPS) is 10.4. The van der Waals surface area contributed by atoms with Gasteiger partial charge in [0.15, 0.2) is 11.0 Å². The van der Waals surface area contributed by atoms with Gasteiger partial charge in [0.2, 0.25) is 0 Å². The Labute approximate surface area is 119 Å². The summed E-state index contributed by atoms with van der Waals surface area (Å²) >= 11 is 9.88. The predicted molar refractivity (Wildman–Crippen MR) is 71.7 cm³/mol. The zero-order chi connectivity index (χ0) is 13.3. The quantitative estimate of drug-likeness (QED) is 0.841. The summed E-state index contributed by atoms with van der Waals surface area (Å²) in [7, 11) is 0. The van der Waals surface area contributed by atoms with Crippen LogP contribution in [0.5, 0.6) is 0 Å². The van der Waals surface area contributed by atoms with E-state index in [0.717, 1.165) is 0 Å². The zero-order valence-electron chi connectivity index (χ0n) is 9.00. The lowest BCUT2D eigenvalue weighted by molar-refractivity contribution is 0.102. The minimum Gasteiger partial charge on any atom is -0.312 e. The second-order valence-corrected chi connectivity index (χ2v) is 5.37. The summed E-state index contributed by atoms with van der Waals surface area (Å²) in [6, 6.07) is 0. The van der Waals surface area contributed by atoms with E-state index in [1.807, 2.05) is 0 Å². The minimum atomic E-state index is -0.856. The molecule has 0 bridgehead atoms. The maximum atomic E-state index is 13.7. The van der Waals surface area contributed by atoms with Gasteiger partial charge in [-0.25, -0.2) is 14.4 Å². The summed E-state index contributed by atoms with van der Waals surface area (Å²) < 4.78 is 14.0. The molecule has 2 rings (SSSR count). The second kappa shape index (κ2) is 5.29. The first kappa shape index (κ1) is 13.4. The average molecular weight is 351 g/mol. The number of aromatic nitrogens is 2. The molecule has 0 aromatic carbocycles. The molecule has 0 aliphatic rings. The number of carbonyl (C=O) groups is 1. The zero-order valence-corrected chi connectivity index (χ0v) is 12.2. The van der Waals surface area contributed by atoms with Gasteiger partial charge in [-0.1, -0.05) is 11.6 Å². The summed E-state index contributed by atoms with van der Waals surface area (Å²) in [5.74, 6) is -1.46. The average Bonchev–Trinajstić information content (AvgIpc) is 2.70. The van der Waals surface area contributed by atoms with Crippen molar-refractivity contribution in [3.63, 3.8) is 0 Å². The molecule has 0 aliphatic carbocycles. The van der Waals surface area contributed by atoms with Crippen LogP contribution >= 0.6 is 38.9 Å². The number of aryl methyl sites for hydroxylation is 1. The third-order valence-electron chi connectivity index (χ3n) is 2.13. The van der Waals surface area contributed by atoms with E-state index in [-0.39, 0.29) is 15.2 Å². The topological polar surface area (TPSA) is 54.9 Å². The van der Waals surface area contributed by atoms with Crippen molar-refractivity contribution in [3.05, 3.63) is 38.4 Å². The van der Waals surface area contributed by atoms with Gasteiger partial charge in [0, 0.05) is 6.20 Å². The number of thiazole rings is 1. The van der Waals surface area contributed by atoms with Crippen LogP contribution < -0.4 is 5.32 Å². The molecule has 0 aliphatic heterocycles. The standard InChI is InChI=1S/C10H6BrClFN3OS/c1-4-10(18-3-15-4)16-9(17)6-5(11)2-14-8(12)7(6)13/h2-3H,1H3,(H,16,17). The lowest BCUT2D eigenvalue weighted by atomic mass is 10.2. The van der Waals surface area contributed by atoms with Crippen molar-refractivity contribution in [1.82, 2.24) is 9.97 Å². The third-order valence-corrected chi connectivity index (χ3v) is 3.84. The number of hydrogen-bond acceptors (Lipinski definition) is 4. The molecular weight excluding hydrogens is 345 g/mol. The molecule has 8 heteroatoms. The monoisotopic (exact) mass is 349 g/mol. The van der Waals surface area contributed by atoms with Gasteiger partial charge in [-0.2, -0.15) is 0 Å². The maximum Gasteiger partial charge on any atom is 0.260 e. The molecular formula is C10H6BrClFN3OS. The van der Waals surface area contributed by atoms with Crippen molar-refractivity contribution < 1.29 is 9.18 Å². The smallest absolute Gasteiger partial charge is 0.260 e. The number of rotatable bonds is 2. The van der Waals surface area contributed by atoms with E-state index >= 15 is 0 Å². The molecule has 0 fully saturated rings. The summed E-state index contributed by atoms with van der Waals surface area (Å²) in [4.78, 5) is 19.5. The number of nitrogens with zero attached hydrogens (tertiary/aromatic N) is 2. The molecule has 0 saturated heterocycles. The third kappa shape index (κ3) is 2.52. The van der Waals surface area contributed by atoms with Crippen LogP contribution in [0.4, 0.5) is 9.39 Å². The largest absolute Gasteiger partial charge is 0.312 e. The number of nitrogens with one attached hydrogen (secondary N) is 1. The first-order valence-corrected chi connectivity index (χ1v) is 6.76. The molecule has 2 heterocycles. The van der Waals surface area contributed by atoms with Crippen LogP contribution in [0.3, 0.4) is 0 Å². The van der Waals surface area contributed by atoms with Crippen molar-refractivity contribution >= 4 is 49.8 Å². The molecule has 1 amide bonds. The van der Waals surface area contributed by atoms with Crippen molar-refractivity contribution in [2.75, 3.05) is 5.32 Å². The molecule has 0 radical (unpaired) electrons. The fraction of sp³-hybridized carbons (Fsp3) is 0.100. The van der Waals surface area contributed by atoms with Crippen LogP contribution in [0.25, 0.3) is 0 Å². The van der Waals surface area contributed by atoms with Crippen molar-refractivity contribution in [2.45, 2.75) is 6.92 Å². The van der Waals surface area contributed by atoms with Crippen LogP contribution in [-0.2, 0) is 0 Å². The Balaban J connectivity index is 2.35. The minimum absolute atomic E-state index is 0.178. The summed E-state index contributed by atoms with van der Waals surface area (Å²) in [6.45, 7) is 1.75. The number of pyridine rings is 1. The Morgan fingerprint density at radius 2 is 2.28 bits per heavy atom. The van der Waals surface area contributed by atoms with Crippen LogP contribution in [0.15, 0.2) is 16.2 Å². The highest BCUT2D eigenvalue weighted by molar-refractivity contribution is 9.10. The van der Waals surface area contributed by atoms with Crippen LogP contribution in [0, 0.1) is 12.7 Å². The van der Waals surface area contributed by atoms with Crippen LogP contribution in [-0.4, -0.2) is 15.9 Å². The van der Waals surface area contributed by atoms with Crippen LogP contribution in [0.1, 0.15) is 16.1 Å². The molecule has 94 valence electrons. The van der Waals surface area contributed by atoms with Gasteiger partial charge in [0.25, 0.3) is 5.91 Å². The molecule has 1 N–H and O–H groups in total. The first-order chi connectivity index (χ1) is 8.50. The summed E-state index contributed by atoms with van der Waals surface area (Å²) in [5.41, 5.74) is 2.09. The number of carbonyl (C=O) groups excluding carboxylic acids is 1. The van der Waals surface area contributed by atoms with Gasteiger partial charge in [0.1, 0.15) is 5.00 Å². The van der Waals surface area contributed by atoms with E-state index in [4.69, 9.17) is 11.6 Å². The number of amides is 1. The molecule has 4 nitrogen and oxygen atoms in total. The fourth-order valence-electron chi connectivity index (χ4n) is 1.24. The van der Waals surface area contributed by atoms with Crippen molar-refractivity contribution in [2.24, 2.45) is 0 Å². The highest BCUT2D eigenvalue weighted by Gasteiger charge is 2.20. The van der Waals surface area contributed by atoms with E-state index in [2.05, 4.69) is 31.2 Å². The lowest BCUT2D eigenvalue weighted by Gasteiger charge is -2.07. The van der Waals surface area contributed by atoms with Gasteiger partial charge in [-0.3, -0.25) is 4.79 Å². The molecule has 0 saturated carbocycles. The molecule has 0 unspecified atom stereocenters. The Bertz CT molecular complexity index is 619. The lowest BCUT2D eigenvalue weighted by Crippen LogP contribution is -2.15. The molecule has 0 spiro atoms. The number of halogens is 3. The van der Waals surface area contributed by atoms with Crippen LogP contribution in [0.2, 0.25) is 5.15 Å². The van der Waals surface area contributed by atoms with E-state index < -0.39 is 11.7 Å². The van der Waals surface area contributed by atoms with Gasteiger partial charge in [-0.15, -0.1) is 11.3 Å². The molecule has 18 heavy (non-hydrogen) atoms. The van der Waals surface area contributed by atoms with Crippen molar-refractivity contribution in [3.8, 4) is 0 Å². The van der Waals surface area contributed by atoms with Gasteiger partial charge >= 0.3 is 0 Å². The SMILES string of the molecule is Cc1ncsc1NC(=O)c1c(Br)cnc(Cl)c1F. The van der Waals surface area contributed by atoms with Gasteiger partial charge in [-0.05, 0) is 22.9 Å². The van der Waals surface area contributed by atoms with E-state index in [1.54, 1.807) is 12.4 Å². The summed E-state index contributed by atoms with van der Waals surface area (Å²) in [5, 5.41) is 2.80. The van der Waals surface area contributed by atoms with E-state index in [1.165, 1.54) is 17.5 Å². The van der Waals surface area contributed by atoms with E-state index in [9.17, 15) is 9.18 Å². The number of anilines is 1. The van der Waals surface area contributed by atoms with Gasteiger partial charge in [0.05, 0.1) is 21.2 Å². The first-order valence-electron chi connectivity index (χ1n) is 4.71. The van der Waals surface area contributed by atoms with Gasteiger partial charge < -0.3 is 5.32 Å². The Kier molecular flexibility index (Phi) is 3.94. The molecule has 2 aromatic heterocycles. The maximum absolute atomic E-state index is 13.7. The second-order valence-electron chi connectivity index (χ2n) is 3.31. The Morgan fingerprint density at radius 1 is 1.56 bits per heavy atom. The fourth-order valence-corrected chi connectivity index (χ4v) is 2.53. The Morgan fingerprint density at radius 3 is 2.89 bits per heavy atom. The highest BCUT2D eigenvalue weighted by Crippen LogP contribution is 2.26. The van der Waals surface area contributed by atoms with Crippen molar-refractivity contribution in [1.29, 1.82) is 0 Å². The predicted octanol–water partition coefficient (Wildman–Crippen LogP) is 3.65. The molecule has 0 atom stereocenters. The Hall–Kier alpha value is -1.05.